The molecule has 33 heavy (non-hydrogen) atoms. The number of thioether (sulfide) groups is 1. The van der Waals surface area contributed by atoms with Gasteiger partial charge in [-0.3, -0.25) is 4.79 Å². The molecule has 0 bridgehead atoms. The van der Waals surface area contributed by atoms with Gasteiger partial charge in [0.2, 0.25) is 5.91 Å². The minimum Gasteiger partial charge on any atom is -0.497 e. The molecule has 0 saturated carbocycles. The van der Waals surface area contributed by atoms with Crippen LogP contribution in [0.5, 0.6) is 17.2 Å². The fourth-order valence-electron chi connectivity index (χ4n) is 3.96. The lowest BCUT2D eigenvalue weighted by atomic mass is 10.1. The number of pyridine rings is 1. The van der Waals surface area contributed by atoms with Crippen molar-refractivity contribution >= 4 is 34.3 Å². The van der Waals surface area contributed by atoms with Crippen LogP contribution in [-0.4, -0.2) is 69.1 Å². The standard InChI is InChI=1S/C25H29N3O4S/c1-17-13-18-14-22(31-3)23(32-4)15-21(18)26-25(17)33-16-24(29)28-11-9-27(10-12-28)19-5-7-20(30-2)8-6-19/h5-8,13-15H,9-12,16H2,1-4H3. The summed E-state index contributed by atoms with van der Waals surface area (Å²) in [6.45, 7) is 5.08. The summed E-state index contributed by atoms with van der Waals surface area (Å²) in [6.07, 6.45) is 0. The van der Waals surface area contributed by atoms with Gasteiger partial charge in [-0.1, -0.05) is 11.8 Å². The van der Waals surface area contributed by atoms with Crippen molar-refractivity contribution in [2.24, 2.45) is 0 Å². The topological polar surface area (TPSA) is 64.1 Å². The molecule has 0 unspecified atom stereocenters. The van der Waals surface area contributed by atoms with Crippen LogP contribution in [0, 0.1) is 6.92 Å². The Balaban J connectivity index is 1.37. The summed E-state index contributed by atoms with van der Waals surface area (Å²) in [6, 6.07) is 13.9. The van der Waals surface area contributed by atoms with Gasteiger partial charge >= 0.3 is 0 Å². The van der Waals surface area contributed by atoms with E-state index in [1.54, 1.807) is 21.3 Å². The van der Waals surface area contributed by atoms with Crippen molar-refractivity contribution in [3.05, 3.63) is 48.0 Å². The number of rotatable bonds is 7. The monoisotopic (exact) mass is 467 g/mol. The van der Waals surface area contributed by atoms with Crippen LogP contribution in [0.15, 0.2) is 47.5 Å². The number of methoxy groups -OCH3 is 3. The molecular formula is C25H29N3O4S. The molecule has 2 heterocycles. The van der Waals surface area contributed by atoms with Crippen LogP contribution in [0.25, 0.3) is 10.9 Å². The van der Waals surface area contributed by atoms with Gasteiger partial charge in [0.1, 0.15) is 10.8 Å². The third kappa shape index (κ3) is 5.11. The summed E-state index contributed by atoms with van der Waals surface area (Å²) in [7, 11) is 4.90. The van der Waals surface area contributed by atoms with E-state index in [1.165, 1.54) is 11.8 Å². The predicted molar refractivity (Wildman–Crippen MR) is 132 cm³/mol. The molecule has 2 aromatic carbocycles. The molecule has 1 aliphatic heterocycles. The highest BCUT2D eigenvalue weighted by atomic mass is 32.2. The first-order valence-electron chi connectivity index (χ1n) is 10.9. The Morgan fingerprint density at radius 2 is 1.61 bits per heavy atom. The van der Waals surface area contributed by atoms with Gasteiger partial charge < -0.3 is 24.0 Å². The van der Waals surface area contributed by atoms with Crippen molar-refractivity contribution in [1.82, 2.24) is 9.88 Å². The van der Waals surface area contributed by atoms with Gasteiger partial charge in [-0.05, 0) is 48.9 Å². The minimum absolute atomic E-state index is 0.142. The van der Waals surface area contributed by atoms with Crippen molar-refractivity contribution in [2.75, 3.05) is 58.2 Å². The number of carbonyl (C=O) groups excluding carboxylic acids is 1. The van der Waals surface area contributed by atoms with Gasteiger partial charge in [0.15, 0.2) is 11.5 Å². The summed E-state index contributed by atoms with van der Waals surface area (Å²) in [4.78, 5) is 21.9. The van der Waals surface area contributed by atoms with Crippen molar-refractivity contribution in [3.63, 3.8) is 0 Å². The summed E-state index contributed by atoms with van der Waals surface area (Å²) in [5.41, 5.74) is 3.01. The maximum atomic E-state index is 12.9. The summed E-state index contributed by atoms with van der Waals surface area (Å²) in [5.74, 6) is 2.68. The van der Waals surface area contributed by atoms with E-state index in [0.717, 1.165) is 46.0 Å². The lowest BCUT2D eigenvalue weighted by Crippen LogP contribution is -2.49. The Morgan fingerprint density at radius 1 is 0.939 bits per heavy atom. The molecule has 1 saturated heterocycles. The van der Waals surface area contributed by atoms with Crippen LogP contribution in [0.4, 0.5) is 5.69 Å². The van der Waals surface area contributed by atoms with Crippen LogP contribution < -0.4 is 19.1 Å². The third-order valence-corrected chi connectivity index (χ3v) is 6.94. The number of carbonyl (C=O) groups is 1. The Morgan fingerprint density at radius 3 is 2.24 bits per heavy atom. The molecule has 1 aromatic heterocycles. The first-order valence-corrected chi connectivity index (χ1v) is 11.8. The second kappa shape index (κ2) is 10.2. The van der Waals surface area contributed by atoms with Gasteiger partial charge in [-0.15, -0.1) is 0 Å². The van der Waals surface area contributed by atoms with E-state index in [1.807, 2.05) is 36.1 Å². The zero-order valence-electron chi connectivity index (χ0n) is 19.5. The molecule has 7 nitrogen and oxygen atoms in total. The highest BCUT2D eigenvalue weighted by Crippen LogP contribution is 2.33. The molecule has 0 N–H and O–H groups in total. The van der Waals surface area contributed by atoms with Crippen LogP contribution in [0.2, 0.25) is 0 Å². The number of anilines is 1. The highest BCUT2D eigenvalue weighted by molar-refractivity contribution is 7.99. The molecule has 8 heteroatoms. The summed E-state index contributed by atoms with van der Waals surface area (Å²) < 4.78 is 16.0. The van der Waals surface area contributed by atoms with Gasteiger partial charge in [0.05, 0.1) is 32.6 Å². The van der Waals surface area contributed by atoms with Crippen molar-refractivity contribution < 1.29 is 19.0 Å². The lowest BCUT2D eigenvalue weighted by Gasteiger charge is -2.36. The number of nitrogens with zero attached hydrogens (tertiary/aromatic N) is 3. The fourth-order valence-corrected chi connectivity index (χ4v) is 4.86. The largest absolute Gasteiger partial charge is 0.497 e. The zero-order valence-corrected chi connectivity index (χ0v) is 20.3. The van der Waals surface area contributed by atoms with Crippen LogP contribution in [-0.2, 0) is 4.79 Å². The fraction of sp³-hybridized carbons (Fsp3) is 0.360. The van der Waals surface area contributed by atoms with Crippen LogP contribution in [0.3, 0.4) is 0 Å². The Labute approximate surface area is 198 Å². The Kier molecular flexibility index (Phi) is 7.13. The molecule has 1 fully saturated rings. The number of amides is 1. The molecule has 0 atom stereocenters. The van der Waals surface area contributed by atoms with Crippen molar-refractivity contribution in [3.8, 4) is 17.2 Å². The maximum absolute atomic E-state index is 12.9. The maximum Gasteiger partial charge on any atom is 0.233 e. The van der Waals surface area contributed by atoms with Crippen molar-refractivity contribution in [1.29, 1.82) is 0 Å². The zero-order chi connectivity index (χ0) is 23.4. The number of hydrogen-bond donors (Lipinski definition) is 0. The van der Waals surface area contributed by atoms with E-state index < -0.39 is 0 Å². The summed E-state index contributed by atoms with van der Waals surface area (Å²) >= 11 is 1.49. The number of ether oxygens (including phenoxy) is 3. The number of benzene rings is 2. The summed E-state index contributed by atoms with van der Waals surface area (Å²) in [5, 5.41) is 1.84. The normalized spacial score (nSPS) is 13.8. The van der Waals surface area contributed by atoms with Gasteiger partial charge in [-0.2, -0.15) is 0 Å². The van der Waals surface area contributed by atoms with E-state index in [4.69, 9.17) is 19.2 Å². The molecule has 4 rings (SSSR count). The Hall–Kier alpha value is -3.13. The average Bonchev–Trinajstić information content (AvgIpc) is 2.86. The number of piperazine rings is 1. The SMILES string of the molecule is COc1ccc(N2CCN(C(=O)CSc3nc4cc(OC)c(OC)cc4cc3C)CC2)cc1. The number of aryl methyl sites for hydroxylation is 1. The van der Waals surface area contributed by atoms with Crippen LogP contribution >= 0.6 is 11.8 Å². The predicted octanol–water partition coefficient (Wildman–Crippen LogP) is 4.01. The first kappa shape index (κ1) is 23.0. The first-order chi connectivity index (χ1) is 16.0. The van der Waals surface area contributed by atoms with Gasteiger partial charge in [-0.25, -0.2) is 4.98 Å². The molecule has 0 radical (unpaired) electrons. The molecule has 1 aliphatic rings. The number of aromatic nitrogens is 1. The van der Waals surface area contributed by atoms with E-state index in [0.29, 0.717) is 30.3 Å². The second-order valence-corrected chi connectivity index (χ2v) is 8.83. The Bertz CT molecular complexity index is 1130. The molecule has 1 amide bonds. The number of hydrogen-bond acceptors (Lipinski definition) is 7. The number of fused-ring (bicyclic) bond motifs is 1. The van der Waals surface area contributed by atoms with Crippen molar-refractivity contribution in [2.45, 2.75) is 11.9 Å². The molecule has 174 valence electrons. The smallest absolute Gasteiger partial charge is 0.233 e. The molecule has 3 aromatic rings. The molecule has 0 spiro atoms. The molecule has 0 aliphatic carbocycles. The molecular weight excluding hydrogens is 438 g/mol. The quantitative estimate of drug-likeness (QED) is 0.487. The van der Waals surface area contributed by atoms with E-state index in [2.05, 4.69) is 23.1 Å². The lowest BCUT2D eigenvalue weighted by molar-refractivity contribution is -0.128. The van der Waals surface area contributed by atoms with Gasteiger partial charge in [0.25, 0.3) is 0 Å². The van der Waals surface area contributed by atoms with Gasteiger partial charge in [0, 0.05) is 43.3 Å². The van der Waals surface area contributed by atoms with E-state index in [-0.39, 0.29) is 5.91 Å². The minimum atomic E-state index is 0.142. The highest BCUT2D eigenvalue weighted by Gasteiger charge is 2.22. The van der Waals surface area contributed by atoms with Crippen LogP contribution in [0.1, 0.15) is 5.56 Å². The third-order valence-electron chi connectivity index (χ3n) is 5.87. The second-order valence-electron chi connectivity index (χ2n) is 7.86. The van der Waals surface area contributed by atoms with E-state index in [9.17, 15) is 4.79 Å². The van der Waals surface area contributed by atoms with E-state index >= 15 is 0 Å². The average molecular weight is 468 g/mol.